The summed E-state index contributed by atoms with van der Waals surface area (Å²) in [6.07, 6.45) is 0. The minimum absolute atomic E-state index is 0.0386. The smallest absolute Gasteiger partial charge is 0.258 e. The second kappa shape index (κ2) is 4.58. The number of hydrogen-bond donors (Lipinski definition) is 0. The molecule has 0 bridgehead atoms. The minimum Gasteiger partial charge on any atom is -0.258 e. The Morgan fingerprint density at radius 1 is 1.16 bits per heavy atom. The number of hydrogen-bond acceptors (Lipinski definition) is 5. The lowest BCUT2D eigenvalue weighted by molar-refractivity contribution is -0.385. The Balaban J connectivity index is 2.81. The highest BCUT2D eigenvalue weighted by Gasteiger charge is 2.25. The normalized spacial score (nSPS) is 10.8. The van der Waals surface area contributed by atoms with Crippen molar-refractivity contribution in [3.63, 3.8) is 0 Å². The van der Waals surface area contributed by atoms with Crippen LogP contribution in [0.15, 0.2) is 0 Å². The summed E-state index contributed by atoms with van der Waals surface area (Å²) in [4.78, 5) is 18.4. The van der Waals surface area contributed by atoms with E-state index in [0.717, 1.165) is 17.0 Å². The Morgan fingerprint density at radius 2 is 1.79 bits per heavy atom. The fraction of sp³-hybridized carbons (Fsp3) is 0.364. The summed E-state index contributed by atoms with van der Waals surface area (Å²) >= 11 is 5.79. The molecule has 2 aromatic heterocycles. The summed E-state index contributed by atoms with van der Waals surface area (Å²) in [6.45, 7) is 7.08. The molecule has 0 aliphatic carbocycles. The number of aromatic nitrogens is 4. The highest BCUT2D eigenvalue weighted by molar-refractivity contribution is 6.28. The summed E-state index contributed by atoms with van der Waals surface area (Å²) in [5.41, 5.74) is 2.57. The third-order valence-corrected chi connectivity index (χ3v) is 3.22. The van der Waals surface area contributed by atoms with Gasteiger partial charge >= 0.3 is 5.69 Å². The fourth-order valence-corrected chi connectivity index (χ4v) is 2.01. The fourth-order valence-electron chi connectivity index (χ4n) is 1.81. The Hall–Kier alpha value is -2.02. The molecule has 100 valence electrons. The first-order valence-electron chi connectivity index (χ1n) is 5.54. The number of rotatable bonds is 2. The van der Waals surface area contributed by atoms with Gasteiger partial charge in [0.25, 0.3) is 0 Å². The predicted octanol–water partition coefficient (Wildman–Crippen LogP) is 2.46. The van der Waals surface area contributed by atoms with Crippen molar-refractivity contribution in [1.29, 1.82) is 0 Å². The predicted molar refractivity (Wildman–Crippen MR) is 69.8 cm³/mol. The van der Waals surface area contributed by atoms with Gasteiger partial charge < -0.3 is 0 Å². The zero-order valence-electron chi connectivity index (χ0n) is 10.9. The zero-order chi connectivity index (χ0) is 14.3. The summed E-state index contributed by atoms with van der Waals surface area (Å²) in [5, 5.41) is 15.4. The van der Waals surface area contributed by atoms with E-state index in [4.69, 9.17) is 11.6 Å². The Labute approximate surface area is 114 Å². The van der Waals surface area contributed by atoms with Gasteiger partial charge in [-0.1, -0.05) is 0 Å². The molecule has 0 aromatic carbocycles. The summed E-state index contributed by atoms with van der Waals surface area (Å²) < 4.78 is 1.43. The van der Waals surface area contributed by atoms with E-state index in [9.17, 15) is 10.1 Å². The molecule has 0 unspecified atom stereocenters. The molecule has 0 aliphatic rings. The first-order valence-corrected chi connectivity index (χ1v) is 5.92. The minimum atomic E-state index is -0.521. The van der Waals surface area contributed by atoms with E-state index in [0.29, 0.717) is 0 Å². The van der Waals surface area contributed by atoms with Crippen LogP contribution in [0.2, 0.25) is 5.28 Å². The van der Waals surface area contributed by atoms with Crippen molar-refractivity contribution in [1.82, 2.24) is 19.7 Å². The second-order valence-electron chi connectivity index (χ2n) is 4.21. The van der Waals surface area contributed by atoms with Crippen LogP contribution in [-0.4, -0.2) is 24.7 Å². The summed E-state index contributed by atoms with van der Waals surface area (Å²) in [7, 11) is 0. The molecule has 7 nitrogen and oxygen atoms in total. The van der Waals surface area contributed by atoms with Crippen LogP contribution >= 0.6 is 11.6 Å². The van der Waals surface area contributed by atoms with E-state index >= 15 is 0 Å². The van der Waals surface area contributed by atoms with Gasteiger partial charge in [-0.2, -0.15) is 10.1 Å². The molecule has 2 aromatic rings. The maximum Gasteiger partial charge on any atom is 0.334 e. The van der Waals surface area contributed by atoms with Crippen LogP contribution in [0.1, 0.15) is 22.6 Å². The van der Waals surface area contributed by atoms with Crippen LogP contribution in [0.4, 0.5) is 5.69 Å². The topological polar surface area (TPSA) is 86.7 Å². The molecule has 0 fully saturated rings. The average molecular weight is 282 g/mol. The molecule has 19 heavy (non-hydrogen) atoms. The van der Waals surface area contributed by atoms with Gasteiger partial charge in [0.1, 0.15) is 5.69 Å². The Kier molecular flexibility index (Phi) is 3.23. The van der Waals surface area contributed by atoms with Crippen LogP contribution in [-0.2, 0) is 0 Å². The van der Waals surface area contributed by atoms with Crippen molar-refractivity contribution in [2.75, 3.05) is 0 Å². The van der Waals surface area contributed by atoms with Crippen molar-refractivity contribution in [2.45, 2.75) is 27.7 Å². The van der Waals surface area contributed by atoms with Crippen molar-refractivity contribution >= 4 is 17.3 Å². The SMILES string of the molecule is Cc1nn(-c2nc(Cl)nc(C)c2[N+](=O)[O-])c(C)c1C. The van der Waals surface area contributed by atoms with Crippen LogP contribution in [0.5, 0.6) is 0 Å². The lowest BCUT2D eigenvalue weighted by Gasteiger charge is -2.06. The quantitative estimate of drug-likeness (QED) is 0.479. The Bertz CT molecular complexity index is 680. The van der Waals surface area contributed by atoms with Gasteiger partial charge in [0.2, 0.25) is 11.1 Å². The largest absolute Gasteiger partial charge is 0.334 e. The van der Waals surface area contributed by atoms with Gasteiger partial charge in [-0.15, -0.1) is 0 Å². The lowest BCUT2D eigenvalue weighted by Crippen LogP contribution is -2.09. The molecule has 0 spiro atoms. The molecule has 8 heteroatoms. The highest BCUT2D eigenvalue weighted by atomic mass is 35.5. The maximum absolute atomic E-state index is 11.2. The monoisotopic (exact) mass is 281 g/mol. The summed E-state index contributed by atoms with van der Waals surface area (Å²) in [5.74, 6) is 0.0937. The molecule has 0 atom stereocenters. The molecule has 2 rings (SSSR count). The molecule has 0 radical (unpaired) electrons. The molecular formula is C11H12ClN5O2. The molecule has 0 saturated carbocycles. The van der Waals surface area contributed by atoms with E-state index < -0.39 is 4.92 Å². The van der Waals surface area contributed by atoms with E-state index in [1.807, 2.05) is 20.8 Å². The van der Waals surface area contributed by atoms with Gasteiger partial charge in [-0.3, -0.25) is 10.1 Å². The number of nitro groups is 1. The molecular weight excluding hydrogens is 270 g/mol. The van der Waals surface area contributed by atoms with Crippen LogP contribution < -0.4 is 0 Å². The third-order valence-electron chi connectivity index (χ3n) is 3.05. The van der Waals surface area contributed by atoms with Crippen molar-refractivity contribution < 1.29 is 4.92 Å². The van der Waals surface area contributed by atoms with Crippen LogP contribution in [0.25, 0.3) is 5.82 Å². The molecule has 0 aliphatic heterocycles. The summed E-state index contributed by atoms with van der Waals surface area (Å²) in [6, 6.07) is 0. The van der Waals surface area contributed by atoms with Crippen LogP contribution in [0.3, 0.4) is 0 Å². The van der Waals surface area contributed by atoms with Crippen molar-refractivity contribution in [2.24, 2.45) is 0 Å². The van der Waals surface area contributed by atoms with Gasteiger partial charge in [-0.25, -0.2) is 9.67 Å². The molecule has 0 amide bonds. The second-order valence-corrected chi connectivity index (χ2v) is 4.55. The number of aryl methyl sites for hydroxylation is 2. The lowest BCUT2D eigenvalue weighted by atomic mass is 10.2. The van der Waals surface area contributed by atoms with Gasteiger partial charge in [0.05, 0.1) is 10.6 Å². The highest BCUT2D eigenvalue weighted by Crippen LogP contribution is 2.27. The van der Waals surface area contributed by atoms with E-state index in [2.05, 4.69) is 15.1 Å². The zero-order valence-corrected chi connectivity index (χ0v) is 11.7. The molecule has 0 N–H and O–H groups in total. The van der Waals surface area contributed by atoms with E-state index in [1.54, 1.807) is 0 Å². The third kappa shape index (κ3) is 2.17. The van der Waals surface area contributed by atoms with Gasteiger partial charge in [0.15, 0.2) is 0 Å². The standard InChI is InChI=1S/C11H12ClN5O2/c1-5-6(2)15-16(8(5)4)10-9(17(18)19)7(3)13-11(12)14-10/h1-4H3. The Morgan fingerprint density at radius 3 is 2.26 bits per heavy atom. The van der Waals surface area contributed by atoms with E-state index in [-0.39, 0.29) is 22.5 Å². The van der Waals surface area contributed by atoms with Gasteiger partial charge in [-0.05, 0) is 44.9 Å². The first-order chi connectivity index (χ1) is 8.82. The van der Waals surface area contributed by atoms with Crippen molar-refractivity contribution in [3.8, 4) is 5.82 Å². The number of halogens is 1. The van der Waals surface area contributed by atoms with Crippen LogP contribution in [0, 0.1) is 37.8 Å². The number of nitrogens with zero attached hydrogens (tertiary/aromatic N) is 5. The first kappa shape index (κ1) is 13.4. The van der Waals surface area contributed by atoms with Crippen molar-refractivity contribution in [3.05, 3.63) is 38.0 Å². The average Bonchev–Trinajstić information content (AvgIpc) is 2.55. The van der Waals surface area contributed by atoms with E-state index in [1.165, 1.54) is 11.6 Å². The van der Waals surface area contributed by atoms with Gasteiger partial charge in [0, 0.05) is 5.69 Å². The molecule has 0 saturated heterocycles. The molecule has 2 heterocycles. The maximum atomic E-state index is 11.2.